The van der Waals surface area contributed by atoms with Gasteiger partial charge in [0, 0.05) is 30.1 Å². The third-order valence-corrected chi connectivity index (χ3v) is 5.88. The molecule has 1 saturated carbocycles. The lowest BCUT2D eigenvalue weighted by Gasteiger charge is -2.17. The van der Waals surface area contributed by atoms with E-state index in [-0.39, 0.29) is 28.1 Å². The fraction of sp³-hybridized carbons (Fsp3) is 0.450. The third-order valence-electron chi connectivity index (χ3n) is 5.60. The van der Waals surface area contributed by atoms with Crippen LogP contribution >= 0.6 is 11.6 Å². The van der Waals surface area contributed by atoms with Gasteiger partial charge < -0.3 is 15.0 Å². The Labute approximate surface area is 163 Å². The second-order valence-corrected chi connectivity index (χ2v) is 7.82. The summed E-state index contributed by atoms with van der Waals surface area (Å²) in [6.45, 7) is 3.96. The second-order valence-electron chi connectivity index (χ2n) is 7.41. The van der Waals surface area contributed by atoms with Crippen LogP contribution in [0.15, 0.2) is 30.5 Å². The summed E-state index contributed by atoms with van der Waals surface area (Å²) in [6.07, 6.45) is 4.60. The highest BCUT2D eigenvalue weighted by atomic mass is 35.5. The first kappa shape index (κ1) is 18.0. The van der Waals surface area contributed by atoms with Crippen molar-refractivity contribution in [2.45, 2.75) is 37.6 Å². The molecule has 2 heterocycles. The zero-order chi connectivity index (χ0) is 19.0. The van der Waals surface area contributed by atoms with Gasteiger partial charge in [-0.05, 0) is 25.3 Å². The quantitative estimate of drug-likeness (QED) is 0.854. The number of hydrogen-bond donors (Lipinski definition) is 1. The van der Waals surface area contributed by atoms with Crippen LogP contribution in [0.1, 0.15) is 42.2 Å². The number of carbonyl (C=O) groups excluding carboxylic acids is 1. The van der Waals surface area contributed by atoms with Gasteiger partial charge in [0.05, 0.1) is 18.3 Å². The molecule has 1 saturated heterocycles. The Morgan fingerprint density at radius 3 is 2.81 bits per heavy atom. The van der Waals surface area contributed by atoms with E-state index in [4.69, 9.17) is 16.3 Å². The van der Waals surface area contributed by atoms with Gasteiger partial charge in [0.25, 0.3) is 5.91 Å². The lowest BCUT2D eigenvalue weighted by molar-refractivity contribution is 0.0943. The van der Waals surface area contributed by atoms with Crippen molar-refractivity contribution in [1.82, 2.24) is 15.3 Å². The van der Waals surface area contributed by atoms with E-state index in [9.17, 15) is 4.79 Å². The van der Waals surface area contributed by atoms with Gasteiger partial charge in [-0.15, -0.1) is 0 Å². The van der Waals surface area contributed by atoms with Crippen molar-refractivity contribution in [1.29, 1.82) is 0 Å². The molecule has 1 aliphatic carbocycles. The molecule has 4 rings (SSSR count). The van der Waals surface area contributed by atoms with E-state index >= 15 is 0 Å². The average Bonchev–Trinajstić information content (AvgIpc) is 3.09. The lowest BCUT2D eigenvalue weighted by atomic mass is 9.96. The number of ether oxygens (including phenoxy) is 1. The summed E-state index contributed by atoms with van der Waals surface area (Å²) in [7, 11) is 1.67. The van der Waals surface area contributed by atoms with Crippen LogP contribution in [0.4, 0.5) is 5.95 Å². The summed E-state index contributed by atoms with van der Waals surface area (Å²) < 4.78 is 5.48. The SMILES string of the molecule is COc1ccccc1C1(C)CC1NC(=O)c1nc(N2CCCC2)ncc1Cl. The number of amides is 1. The zero-order valence-electron chi connectivity index (χ0n) is 15.5. The highest BCUT2D eigenvalue weighted by Gasteiger charge is 2.53. The van der Waals surface area contributed by atoms with E-state index in [1.54, 1.807) is 7.11 Å². The number of rotatable bonds is 5. The molecule has 0 spiro atoms. The lowest BCUT2D eigenvalue weighted by Crippen LogP contribution is -2.32. The predicted molar refractivity (Wildman–Crippen MR) is 105 cm³/mol. The third kappa shape index (κ3) is 3.34. The fourth-order valence-corrected chi connectivity index (χ4v) is 3.98. The molecule has 142 valence electrons. The largest absolute Gasteiger partial charge is 0.496 e. The van der Waals surface area contributed by atoms with E-state index in [1.165, 1.54) is 6.20 Å². The molecule has 1 aromatic carbocycles. The van der Waals surface area contributed by atoms with Gasteiger partial charge in [-0.2, -0.15) is 0 Å². The predicted octanol–water partition coefficient (Wildman–Crippen LogP) is 3.20. The van der Waals surface area contributed by atoms with Crippen LogP contribution in [0, 0.1) is 0 Å². The normalized spacial score (nSPS) is 24.0. The molecule has 0 radical (unpaired) electrons. The number of anilines is 1. The average molecular weight is 387 g/mol. The number of benzene rings is 1. The van der Waals surface area contributed by atoms with Gasteiger partial charge in [0.2, 0.25) is 5.95 Å². The molecule has 2 atom stereocenters. The monoisotopic (exact) mass is 386 g/mol. The molecule has 1 aliphatic heterocycles. The van der Waals surface area contributed by atoms with Crippen LogP contribution in [0.25, 0.3) is 0 Å². The Bertz CT molecular complexity index is 869. The highest BCUT2D eigenvalue weighted by Crippen LogP contribution is 2.51. The molecule has 0 bridgehead atoms. The molecule has 2 aromatic rings. The fourth-order valence-electron chi connectivity index (χ4n) is 3.80. The Hall–Kier alpha value is -2.34. The van der Waals surface area contributed by atoms with E-state index in [0.717, 1.165) is 43.7 Å². The molecular weight excluding hydrogens is 364 g/mol. The smallest absolute Gasteiger partial charge is 0.271 e. The zero-order valence-corrected chi connectivity index (χ0v) is 16.3. The molecule has 6 nitrogen and oxygen atoms in total. The Morgan fingerprint density at radius 2 is 2.07 bits per heavy atom. The van der Waals surface area contributed by atoms with E-state index < -0.39 is 0 Å². The number of methoxy groups -OCH3 is 1. The van der Waals surface area contributed by atoms with Crippen LogP contribution in [-0.4, -0.2) is 42.1 Å². The molecule has 7 heteroatoms. The Morgan fingerprint density at radius 1 is 1.33 bits per heavy atom. The number of carbonyl (C=O) groups is 1. The highest BCUT2D eigenvalue weighted by molar-refractivity contribution is 6.33. The van der Waals surface area contributed by atoms with Gasteiger partial charge >= 0.3 is 0 Å². The minimum absolute atomic E-state index is 0.0163. The summed E-state index contributed by atoms with van der Waals surface area (Å²) in [4.78, 5) is 23.6. The minimum Gasteiger partial charge on any atom is -0.496 e. The van der Waals surface area contributed by atoms with Gasteiger partial charge in [0.15, 0.2) is 5.69 Å². The molecule has 2 unspecified atom stereocenters. The number of aromatic nitrogens is 2. The topological polar surface area (TPSA) is 67.3 Å². The van der Waals surface area contributed by atoms with Crippen LogP contribution in [-0.2, 0) is 5.41 Å². The van der Waals surface area contributed by atoms with Crippen molar-refractivity contribution in [3.63, 3.8) is 0 Å². The molecule has 2 aliphatic rings. The van der Waals surface area contributed by atoms with Crippen molar-refractivity contribution >= 4 is 23.5 Å². The summed E-state index contributed by atoms with van der Waals surface area (Å²) >= 11 is 6.21. The van der Waals surface area contributed by atoms with Crippen LogP contribution in [0.2, 0.25) is 5.02 Å². The maximum absolute atomic E-state index is 12.8. The molecular formula is C20H23ClN4O2. The van der Waals surface area contributed by atoms with Crippen LogP contribution in [0.5, 0.6) is 5.75 Å². The minimum atomic E-state index is -0.258. The first-order valence-electron chi connectivity index (χ1n) is 9.25. The molecule has 1 N–H and O–H groups in total. The number of para-hydroxylation sites is 1. The first-order chi connectivity index (χ1) is 13.0. The van der Waals surface area contributed by atoms with Crippen molar-refractivity contribution < 1.29 is 9.53 Å². The first-order valence-corrected chi connectivity index (χ1v) is 9.62. The van der Waals surface area contributed by atoms with Crippen molar-refractivity contribution in [2.24, 2.45) is 0 Å². The molecule has 1 aromatic heterocycles. The maximum atomic E-state index is 12.8. The maximum Gasteiger partial charge on any atom is 0.271 e. The molecule has 27 heavy (non-hydrogen) atoms. The van der Waals surface area contributed by atoms with E-state index in [1.807, 2.05) is 24.3 Å². The van der Waals surface area contributed by atoms with Crippen molar-refractivity contribution in [3.8, 4) is 5.75 Å². The number of halogens is 1. The second kappa shape index (κ2) is 7.00. The summed E-state index contributed by atoms with van der Waals surface area (Å²) in [5.74, 6) is 1.16. The van der Waals surface area contributed by atoms with Crippen LogP contribution < -0.4 is 15.0 Å². The van der Waals surface area contributed by atoms with E-state index in [2.05, 4.69) is 27.1 Å². The molecule has 1 amide bonds. The van der Waals surface area contributed by atoms with Gasteiger partial charge in [-0.25, -0.2) is 9.97 Å². The number of nitrogens with zero attached hydrogens (tertiary/aromatic N) is 3. The number of hydrogen-bond acceptors (Lipinski definition) is 5. The van der Waals surface area contributed by atoms with Gasteiger partial charge in [0.1, 0.15) is 5.75 Å². The van der Waals surface area contributed by atoms with E-state index in [0.29, 0.717) is 5.95 Å². The summed E-state index contributed by atoms with van der Waals surface area (Å²) in [5.41, 5.74) is 1.19. The van der Waals surface area contributed by atoms with Crippen molar-refractivity contribution in [2.75, 3.05) is 25.1 Å². The summed E-state index contributed by atoms with van der Waals surface area (Å²) in [5, 5.41) is 3.35. The summed E-state index contributed by atoms with van der Waals surface area (Å²) in [6, 6.07) is 7.95. The molecule has 2 fully saturated rings. The van der Waals surface area contributed by atoms with Crippen LogP contribution in [0.3, 0.4) is 0 Å². The van der Waals surface area contributed by atoms with Gasteiger partial charge in [-0.3, -0.25) is 4.79 Å². The van der Waals surface area contributed by atoms with Gasteiger partial charge in [-0.1, -0.05) is 36.7 Å². The Kier molecular flexibility index (Phi) is 4.68. The Balaban J connectivity index is 1.51. The number of nitrogens with one attached hydrogen (secondary N) is 1. The van der Waals surface area contributed by atoms with Crippen molar-refractivity contribution in [3.05, 3.63) is 46.7 Å². The standard InChI is InChI=1S/C20H23ClN4O2/c1-20(13-7-3-4-8-15(13)27-2)11-16(20)23-18(26)17-14(21)12-22-19(24-17)25-9-5-6-10-25/h3-4,7-8,12,16H,5-6,9-11H2,1-2H3,(H,23,26).